The second kappa shape index (κ2) is 4.32. The minimum atomic E-state index is 0.261. The van der Waals surface area contributed by atoms with Gasteiger partial charge in [0.1, 0.15) is 0 Å². The molecular formula is C9H18N4O. The molecule has 80 valence electrons. The third kappa shape index (κ3) is 2.17. The highest BCUT2D eigenvalue weighted by Gasteiger charge is 2.15. The molecule has 0 aromatic carbocycles. The molecule has 5 heteroatoms. The number of hydrogen-bond donors (Lipinski definition) is 1. The molecular weight excluding hydrogens is 180 g/mol. The van der Waals surface area contributed by atoms with E-state index in [1.165, 1.54) is 0 Å². The first kappa shape index (κ1) is 10.8. The molecule has 0 aliphatic carbocycles. The standard InChI is InChI=1S/C9H18N4O/c1-7(6-14-4)13(3)9-8(10)5-12(2)11-9/h5,7H,6,10H2,1-4H3. The summed E-state index contributed by atoms with van der Waals surface area (Å²) >= 11 is 0. The Morgan fingerprint density at radius 2 is 2.36 bits per heavy atom. The molecule has 0 fully saturated rings. The fraction of sp³-hybridized carbons (Fsp3) is 0.667. The van der Waals surface area contributed by atoms with Gasteiger partial charge in [0.2, 0.25) is 0 Å². The number of anilines is 2. The van der Waals surface area contributed by atoms with Crippen LogP contribution in [-0.4, -0.2) is 36.6 Å². The minimum absolute atomic E-state index is 0.261. The Morgan fingerprint density at radius 3 is 2.79 bits per heavy atom. The highest BCUT2D eigenvalue weighted by molar-refractivity contribution is 5.61. The van der Waals surface area contributed by atoms with Gasteiger partial charge in [0.25, 0.3) is 0 Å². The molecule has 0 saturated carbocycles. The third-order valence-corrected chi connectivity index (χ3v) is 2.24. The van der Waals surface area contributed by atoms with Crippen LogP contribution in [0.2, 0.25) is 0 Å². The first-order valence-electron chi connectivity index (χ1n) is 4.57. The molecule has 5 nitrogen and oxygen atoms in total. The average Bonchev–Trinajstić information content (AvgIpc) is 2.44. The van der Waals surface area contributed by atoms with Crippen molar-refractivity contribution in [2.45, 2.75) is 13.0 Å². The van der Waals surface area contributed by atoms with E-state index in [2.05, 4.69) is 12.0 Å². The van der Waals surface area contributed by atoms with Gasteiger partial charge >= 0.3 is 0 Å². The summed E-state index contributed by atoms with van der Waals surface area (Å²) in [7, 11) is 5.50. The molecule has 1 heterocycles. The molecule has 0 saturated heterocycles. The third-order valence-electron chi connectivity index (χ3n) is 2.24. The fourth-order valence-electron chi connectivity index (χ4n) is 1.33. The van der Waals surface area contributed by atoms with Gasteiger partial charge in [0.15, 0.2) is 5.82 Å². The molecule has 0 aliphatic heterocycles. The number of hydrogen-bond acceptors (Lipinski definition) is 4. The number of nitrogens with zero attached hydrogens (tertiary/aromatic N) is 3. The van der Waals surface area contributed by atoms with Crippen molar-refractivity contribution >= 4 is 11.5 Å². The van der Waals surface area contributed by atoms with Gasteiger partial charge in [0, 0.05) is 27.4 Å². The summed E-state index contributed by atoms with van der Waals surface area (Å²) in [6, 6.07) is 0.261. The van der Waals surface area contributed by atoms with E-state index in [0.29, 0.717) is 12.3 Å². The van der Waals surface area contributed by atoms with Crippen molar-refractivity contribution in [1.82, 2.24) is 9.78 Å². The molecule has 1 rings (SSSR count). The van der Waals surface area contributed by atoms with Gasteiger partial charge in [-0.15, -0.1) is 0 Å². The van der Waals surface area contributed by atoms with E-state index in [9.17, 15) is 0 Å². The Hall–Kier alpha value is -1.23. The molecule has 0 amide bonds. The van der Waals surface area contributed by atoms with E-state index >= 15 is 0 Å². The summed E-state index contributed by atoms with van der Waals surface area (Å²) < 4.78 is 6.78. The lowest BCUT2D eigenvalue weighted by Gasteiger charge is -2.24. The van der Waals surface area contributed by atoms with Crippen LogP contribution in [0.15, 0.2) is 6.20 Å². The summed E-state index contributed by atoms with van der Waals surface area (Å²) in [4.78, 5) is 2.01. The number of rotatable bonds is 4. The summed E-state index contributed by atoms with van der Waals surface area (Å²) in [6.07, 6.45) is 1.80. The van der Waals surface area contributed by atoms with E-state index in [1.54, 1.807) is 18.0 Å². The predicted molar refractivity (Wildman–Crippen MR) is 57.4 cm³/mol. The zero-order valence-corrected chi connectivity index (χ0v) is 9.19. The van der Waals surface area contributed by atoms with Crippen LogP contribution in [0.3, 0.4) is 0 Å². The van der Waals surface area contributed by atoms with Crippen molar-refractivity contribution < 1.29 is 4.74 Å². The number of aryl methyl sites for hydroxylation is 1. The maximum Gasteiger partial charge on any atom is 0.173 e. The lowest BCUT2D eigenvalue weighted by atomic mass is 10.3. The first-order chi connectivity index (χ1) is 6.56. The summed E-state index contributed by atoms with van der Waals surface area (Å²) in [6.45, 7) is 2.73. The SMILES string of the molecule is COCC(C)N(C)c1nn(C)cc1N. The van der Waals surface area contributed by atoms with E-state index in [0.717, 1.165) is 5.82 Å². The second-order valence-corrected chi connectivity index (χ2v) is 3.50. The maximum absolute atomic E-state index is 5.81. The fourth-order valence-corrected chi connectivity index (χ4v) is 1.33. The summed E-state index contributed by atoms with van der Waals surface area (Å²) in [5.41, 5.74) is 6.50. The lowest BCUT2D eigenvalue weighted by molar-refractivity contribution is 0.183. The van der Waals surface area contributed by atoms with Crippen LogP contribution in [0, 0.1) is 0 Å². The number of ether oxygens (including phenoxy) is 1. The van der Waals surface area contributed by atoms with Crippen molar-refractivity contribution in [1.29, 1.82) is 0 Å². The van der Waals surface area contributed by atoms with E-state index < -0.39 is 0 Å². The van der Waals surface area contributed by atoms with Crippen LogP contribution in [0.1, 0.15) is 6.92 Å². The molecule has 14 heavy (non-hydrogen) atoms. The minimum Gasteiger partial charge on any atom is -0.394 e. The van der Waals surface area contributed by atoms with Crippen LogP contribution in [0.4, 0.5) is 11.5 Å². The van der Waals surface area contributed by atoms with Gasteiger partial charge in [-0.25, -0.2) is 0 Å². The molecule has 1 unspecified atom stereocenters. The molecule has 0 aliphatic rings. The first-order valence-corrected chi connectivity index (χ1v) is 4.57. The van der Waals surface area contributed by atoms with Crippen LogP contribution in [0.5, 0.6) is 0 Å². The van der Waals surface area contributed by atoms with Crippen molar-refractivity contribution in [2.75, 3.05) is 31.4 Å². The summed E-state index contributed by atoms with van der Waals surface area (Å²) in [5.74, 6) is 0.803. The monoisotopic (exact) mass is 198 g/mol. The van der Waals surface area contributed by atoms with E-state index in [1.807, 2.05) is 19.0 Å². The number of nitrogen functional groups attached to an aromatic ring is 1. The molecule has 1 atom stereocenters. The molecule has 1 aromatic heterocycles. The van der Waals surface area contributed by atoms with E-state index in [-0.39, 0.29) is 6.04 Å². The highest BCUT2D eigenvalue weighted by atomic mass is 16.5. The van der Waals surface area contributed by atoms with Gasteiger partial charge in [0.05, 0.1) is 18.3 Å². The van der Waals surface area contributed by atoms with Crippen LogP contribution < -0.4 is 10.6 Å². The molecule has 1 aromatic rings. The largest absolute Gasteiger partial charge is 0.394 e. The Morgan fingerprint density at radius 1 is 1.71 bits per heavy atom. The van der Waals surface area contributed by atoms with Gasteiger partial charge in [-0.05, 0) is 6.92 Å². The Kier molecular flexibility index (Phi) is 3.35. The summed E-state index contributed by atoms with van der Waals surface area (Å²) in [5, 5.41) is 4.28. The van der Waals surface area contributed by atoms with Crippen LogP contribution >= 0.6 is 0 Å². The van der Waals surface area contributed by atoms with Gasteiger partial charge < -0.3 is 15.4 Å². The number of nitrogens with two attached hydrogens (primary N) is 1. The van der Waals surface area contributed by atoms with Crippen molar-refractivity contribution in [3.05, 3.63) is 6.20 Å². The quantitative estimate of drug-likeness (QED) is 0.764. The normalized spacial score (nSPS) is 12.9. The van der Waals surface area contributed by atoms with Gasteiger partial charge in [-0.2, -0.15) is 5.10 Å². The molecule has 0 spiro atoms. The molecule has 0 bridgehead atoms. The zero-order valence-electron chi connectivity index (χ0n) is 9.19. The molecule has 0 radical (unpaired) electrons. The number of methoxy groups -OCH3 is 1. The predicted octanol–water partition coefficient (Wildman–Crippen LogP) is 0.473. The van der Waals surface area contributed by atoms with Gasteiger partial charge in [-0.3, -0.25) is 4.68 Å². The van der Waals surface area contributed by atoms with Crippen LogP contribution in [-0.2, 0) is 11.8 Å². The Bertz CT molecular complexity index is 297. The lowest BCUT2D eigenvalue weighted by Crippen LogP contribution is -2.33. The average molecular weight is 198 g/mol. The zero-order chi connectivity index (χ0) is 10.7. The Balaban J connectivity index is 2.77. The van der Waals surface area contributed by atoms with Crippen LogP contribution in [0.25, 0.3) is 0 Å². The van der Waals surface area contributed by atoms with Crippen molar-refractivity contribution in [3.8, 4) is 0 Å². The topological polar surface area (TPSA) is 56.3 Å². The second-order valence-electron chi connectivity index (χ2n) is 3.50. The molecule has 2 N–H and O–H groups in total. The van der Waals surface area contributed by atoms with Gasteiger partial charge in [-0.1, -0.05) is 0 Å². The smallest absolute Gasteiger partial charge is 0.173 e. The highest BCUT2D eigenvalue weighted by Crippen LogP contribution is 2.20. The van der Waals surface area contributed by atoms with E-state index in [4.69, 9.17) is 10.5 Å². The van der Waals surface area contributed by atoms with Crippen molar-refractivity contribution in [3.63, 3.8) is 0 Å². The number of likely N-dealkylation sites (N-methyl/N-ethyl adjacent to an activating group) is 1. The Labute approximate surface area is 84.4 Å². The van der Waals surface area contributed by atoms with Crippen molar-refractivity contribution in [2.24, 2.45) is 7.05 Å². The number of aromatic nitrogens is 2. The maximum atomic E-state index is 5.81.